The summed E-state index contributed by atoms with van der Waals surface area (Å²) in [6, 6.07) is 5.91. The third-order valence-corrected chi connectivity index (χ3v) is 3.95. The summed E-state index contributed by atoms with van der Waals surface area (Å²) in [5.74, 6) is 2.50. The lowest BCUT2D eigenvalue weighted by Crippen LogP contribution is -2.10. The molecule has 1 aromatic carbocycles. The van der Waals surface area contributed by atoms with Gasteiger partial charge in [-0.2, -0.15) is 0 Å². The van der Waals surface area contributed by atoms with Gasteiger partial charge in [0.1, 0.15) is 18.2 Å². The molecule has 0 spiro atoms. The summed E-state index contributed by atoms with van der Waals surface area (Å²) in [5, 5.41) is 18.0. The van der Waals surface area contributed by atoms with E-state index in [1.807, 2.05) is 36.7 Å². The Morgan fingerprint density at radius 1 is 1.40 bits per heavy atom. The summed E-state index contributed by atoms with van der Waals surface area (Å²) in [5.41, 5.74) is 2.23. The molecule has 1 N–H and O–H groups in total. The van der Waals surface area contributed by atoms with Gasteiger partial charge in [-0.3, -0.25) is 0 Å². The van der Waals surface area contributed by atoms with Crippen LogP contribution in [-0.4, -0.2) is 19.9 Å². The van der Waals surface area contributed by atoms with E-state index in [-0.39, 0.29) is 6.10 Å². The fourth-order valence-corrected chi connectivity index (χ4v) is 2.58. The molecule has 0 amide bonds. The molecule has 2 aromatic rings. The van der Waals surface area contributed by atoms with Crippen LogP contribution in [0.5, 0.6) is 5.75 Å². The van der Waals surface area contributed by atoms with Crippen LogP contribution in [0.1, 0.15) is 41.7 Å². The highest BCUT2D eigenvalue weighted by molar-refractivity contribution is 5.38. The number of ether oxygens (including phenoxy) is 1. The molecule has 5 heteroatoms. The first-order valence-corrected chi connectivity index (χ1v) is 6.93. The number of aliphatic hydroxyl groups excluding tert-OH is 1. The average Bonchev–Trinajstić information content (AvgIpc) is 2.77. The summed E-state index contributed by atoms with van der Waals surface area (Å²) in [4.78, 5) is 0. The second-order valence-electron chi connectivity index (χ2n) is 5.28. The first kappa shape index (κ1) is 13.1. The van der Waals surface area contributed by atoms with Crippen LogP contribution >= 0.6 is 0 Å². The van der Waals surface area contributed by atoms with E-state index in [1.165, 1.54) is 5.56 Å². The zero-order chi connectivity index (χ0) is 14.1. The minimum atomic E-state index is -0.325. The molecule has 1 atom stereocenters. The summed E-state index contributed by atoms with van der Waals surface area (Å²) < 4.78 is 7.70. The van der Waals surface area contributed by atoms with Crippen LogP contribution in [0.2, 0.25) is 0 Å². The highest BCUT2D eigenvalue weighted by atomic mass is 16.5. The van der Waals surface area contributed by atoms with E-state index in [9.17, 15) is 5.11 Å². The van der Waals surface area contributed by atoms with Crippen LogP contribution in [0.4, 0.5) is 0 Å². The van der Waals surface area contributed by atoms with Gasteiger partial charge in [0.25, 0.3) is 0 Å². The van der Waals surface area contributed by atoms with Crippen molar-refractivity contribution in [2.75, 3.05) is 0 Å². The maximum atomic E-state index is 9.94. The molecular formula is C15H19N3O2. The van der Waals surface area contributed by atoms with Gasteiger partial charge in [0.05, 0.1) is 6.10 Å². The van der Waals surface area contributed by atoms with E-state index < -0.39 is 0 Å². The summed E-state index contributed by atoms with van der Waals surface area (Å²) in [6.07, 6.45) is 2.56. The van der Waals surface area contributed by atoms with E-state index in [4.69, 9.17) is 4.74 Å². The van der Waals surface area contributed by atoms with Crippen molar-refractivity contribution in [2.24, 2.45) is 7.05 Å². The van der Waals surface area contributed by atoms with Gasteiger partial charge in [-0.25, -0.2) is 0 Å². The predicted molar refractivity (Wildman–Crippen MR) is 74.4 cm³/mol. The second kappa shape index (κ2) is 5.25. The van der Waals surface area contributed by atoms with Crippen LogP contribution in [-0.2, 0) is 20.1 Å². The fourth-order valence-electron chi connectivity index (χ4n) is 2.58. The van der Waals surface area contributed by atoms with Crippen molar-refractivity contribution >= 4 is 0 Å². The van der Waals surface area contributed by atoms with E-state index in [0.717, 1.165) is 42.2 Å². The molecule has 20 heavy (non-hydrogen) atoms. The van der Waals surface area contributed by atoms with Crippen LogP contribution in [0.15, 0.2) is 18.2 Å². The standard InChI is InChI=1S/C15H19N3O2/c1-10-16-17-15(18(10)2)9-20-12-6-7-13-11(8-12)4-3-5-14(13)19/h6-8,14,19H,3-5,9H2,1-2H3. The molecule has 0 saturated heterocycles. The summed E-state index contributed by atoms with van der Waals surface area (Å²) in [7, 11) is 1.93. The summed E-state index contributed by atoms with van der Waals surface area (Å²) >= 11 is 0. The maximum Gasteiger partial charge on any atom is 0.170 e. The Bertz CT molecular complexity index is 622. The van der Waals surface area contributed by atoms with Gasteiger partial charge in [0.15, 0.2) is 5.82 Å². The fraction of sp³-hybridized carbons (Fsp3) is 0.467. The molecule has 3 rings (SSSR count). The van der Waals surface area contributed by atoms with Crippen LogP contribution in [0.25, 0.3) is 0 Å². The molecule has 1 aromatic heterocycles. The number of aliphatic hydroxyl groups is 1. The highest BCUT2D eigenvalue weighted by Crippen LogP contribution is 2.32. The van der Waals surface area contributed by atoms with Crippen molar-refractivity contribution in [3.8, 4) is 5.75 Å². The number of aromatic nitrogens is 3. The molecule has 0 fully saturated rings. The average molecular weight is 273 g/mol. The molecule has 106 valence electrons. The molecule has 5 nitrogen and oxygen atoms in total. The molecule has 0 radical (unpaired) electrons. The molecule has 0 saturated carbocycles. The van der Waals surface area contributed by atoms with Crippen LogP contribution < -0.4 is 4.74 Å². The lowest BCUT2D eigenvalue weighted by atomic mass is 9.89. The van der Waals surface area contributed by atoms with E-state index >= 15 is 0 Å². The lowest BCUT2D eigenvalue weighted by Gasteiger charge is -2.21. The van der Waals surface area contributed by atoms with E-state index in [1.54, 1.807) is 0 Å². The predicted octanol–water partition coefficient (Wildman–Crippen LogP) is 2.07. The topological polar surface area (TPSA) is 60.2 Å². The van der Waals surface area contributed by atoms with Crippen molar-refractivity contribution in [3.05, 3.63) is 41.0 Å². The Balaban J connectivity index is 1.74. The number of fused-ring (bicyclic) bond motifs is 1. The van der Waals surface area contributed by atoms with Gasteiger partial charge in [0, 0.05) is 7.05 Å². The Labute approximate surface area is 118 Å². The number of aryl methyl sites for hydroxylation is 2. The van der Waals surface area contributed by atoms with Gasteiger partial charge < -0.3 is 14.4 Å². The molecule has 0 bridgehead atoms. The SMILES string of the molecule is Cc1nnc(COc2ccc3c(c2)CCCC3O)n1C. The first-order chi connectivity index (χ1) is 9.65. The second-order valence-corrected chi connectivity index (χ2v) is 5.28. The number of hydrogen-bond donors (Lipinski definition) is 1. The monoisotopic (exact) mass is 273 g/mol. The molecule has 1 aliphatic carbocycles. The number of rotatable bonds is 3. The van der Waals surface area contributed by atoms with E-state index in [2.05, 4.69) is 10.2 Å². The minimum absolute atomic E-state index is 0.325. The highest BCUT2D eigenvalue weighted by Gasteiger charge is 2.18. The van der Waals surface area contributed by atoms with Crippen molar-refractivity contribution in [2.45, 2.75) is 38.9 Å². The third-order valence-electron chi connectivity index (χ3n) is 3.95. The lowest BCUT2D eigenvalue weighted by molar-refractivity contribution is 0.156. The van der Waals surface area contributed by atoms with Gasteiger partial charge in [-0.1, -0.05) is 6.07 Å². The smallest absolute Gasteiger partial charge is 0.170 e. The summed E-state index contributed by atoms with van der Waals surface area (Å²) in [6.45, 7) is 2.31. The van der Waals surface area contributed by atoms with Gasteiger partial charge >= 0.3 is 0 Å². The quantitative estimate of drug-likeness (QED) is 0.930. The number of benzene rings is 1. The Morgan fingerprint density at radius 3 is 3.00 bits per heavy atom. The zero-order valence-corrected chi connectivity index (χ0v) is 11.8. The molecular weight excluding hydrogens is 254 g/mol. The van der Waals surface area contributed by atoms with Crippen molar-refractivity contribution in [1.29, 1.82) is 0 Å². The largest absolute Gasteiger partial charge is 0.486 e. The Hall–Kier alpha value is -1.88. The van der Waals surface area contributed by atoms with Crippen LogP contribution in [0, 0.1) is 6.92 Å². The molecule has 1 heterocycles. The first-order valence-electron chi connectivity index (χ1n) is 6.93. The van der Waals surface area contributed by atoms with Gasteiger partial charge in [-0.05, 0) is 49.4 Å². The Morgan fingerprint density at radius 2 is 2.25 bits per heavy atom. The van der Waals surface area contributed by atoms with E-state index in [0.29, 0.717) is 6.61 Å². The van der Waals surface area contributed by atoms with Gasteiger partial charge in [-0.15, -0.1) is 10.2 Å². The zero-order valence-electron chi connectivity index (χ0n) is 11.8. The van der Waals surface area contributed by atoms with Gasteiger partial charge in [0.2, 0.25) is 0 Å². The van der Waals surface area contributed by atoms with Crippen molar-refractivity contribution in [3.63, 3.8) is 0 Å². The number of hydrogen-bond acceptors (Lipinski definition) is 4. The molecule has 1 unspecified atom stereocenters. The van der Waals surface area contributed by atoms with Crippen LogP contribution in [0.3, 0.4) is 0 Å². The molecule has 1 aliphatic rings. The third kappa shape index (κ3) is 2.41. The molecule has 0 aliphatic heterocycles. The Kier molecular flexibility index (Phi) is 3.44. The normalized spacial score (nSPS) is 17.9. The number of nitrogens with zero attached hydrogens (tertiary/aromatic N) is 3. The van der Waals surface area contributed by atoms with Crippen molar-refractivity contribution in [1.82, 2.24) is 14.8 Å². The van der Waals surface area contributed by atoms with Crippen molar-refractivity contribution < 1.29 is 9.84 Å². The maximum absolute atomic E-state index is 9.94. The minimum Gasteiger partial charge on any atom is -0.486 e.